The van der Waals surface area contributed by atoms with Gasteiger partial charge in [0.05, 0.1) is 0 Å². The third kappa shape index (κ3) is 1.52. The predicted octanol–water partition coefficient (Wildman–Crippen LogP) is 2.91. The van der Waals surface area contributed by atoms with Gasteiger partial charge < -0.3 is 4.90 Å². The minimum absolute atomic E-state index is 0.508. The first-order chi connectivity index (χ1) is 6.00. The molecule has 3 atom stereocenters. The highest BCUT2D eigenvalue weighted by atomic mass is 15.2. The standard InChI is InChI=1S/C12H23N/c1-12(2,3)10-7-5-9-6-8-11(10)13(9)4/h9-11H,5-8H2,1-4H3. The molecule has 0 spiro atoms. The summed E-state index contributed by atoms with van der Waals surface area (Å²) in [6.45, 7) is 7.22. The summed E-state index contributed by atoms with van der Waals surface area (Å²) in [5.74, 6) is 0.927. The molecule has 0 amide bonds. The highest BCUT2D eigenvalue weighted by molar-refractivity contribution is 4.98. The van der Waals surface area contributed by atoms with E-state index in [9.17, 15) is 0 Å². The molecule has 13 heavy (non-hydrogen) atoms. The van der Waals surface area contributed by atoms with E-state index < -0.39 is 0 Å². The maximum Gasteiger partial charge on any atom is 0.0129 e. The fraction of sp³-hybridized carbons (Fsp3) is 1.00. The molecule has 2 saturated heterocycles. The van der Waals surface area contributed by atoms with Gasteiger partial charge in [0.25, 0.3) is 0 Å². The van der Waals surface area contributed by atoms with E-state index in [2.05, 4.69) is 32.7 Å². The summed E-state index contributed by atoms with van der Waals surface area (Å²) in [5, 5.41) is 0. The van der Waals surface area contributed by atoms with Crippen LogP contribution in [0.4, 0.5) is 0 Å². The number of piperidine rings is 1. The first-order valence-corrected chi connectivity index (χ1v) is 5.72. The topological polar surface area (TPSA) is 3.24 Å². The highest BCUT2D eigenvalue weighted by Crippen LogP contribution is 2.45. The van der Waals surface area contributed by atoms with Crippen molar-refractivity contribution in [2.75, 3.05) is 7.05 Å². The Morgan fingerprint density at radius 3 is 2.23 bits per heavy atom. The molecule has 0 aromatic carbocycles. The smallest absolute Gasteiger partial charge is 0.0129 e. The van der Waals surface area contributed by atoms with Crippen LogP contribution in [0.2, 0.25) is 0 Å². The second-order valence-corrected chi connectivity index (χ2v) is 6.01. The van der Waals surface area contributed by atoms with E-state index >= 15 is 0 Å². The molecule has 2 rings (SSSR count). The van der Waals surface area contributed by atoms with Crippen LogP contribution in [0.15, 0.2) is 0 Å². The molecule has 0 saturated carbocycles. The molecule has 2 aliphatic rings. The van der Waals surface area contributed by atoms with Crippen molar-refractivity contribution < 1.29 is 0 Å². The van der Waals surface area contributed by atoms with Crippen molar-refractivity contribution in [2.45, 2.75) is 58.5 Å². The molecular weight excluding hydrogens is 158 g/mol. The molecule has 2 bridgehead atoms. The van der Waals surface area contributed by atoms with Crippen LogP contribution in [0.1, 0.15) is 46.5 Å². The zero-order valence-electron chi connectivity index (χ0n) is 9.51. The quantitative estimate of drug-likeness (QED) is 0.555. The van der Waals surface area contributed by atoms with Crippen LogP contribution in [0.25, 0.3) is 0 Å². The Kier molecular flexibility index (Phi) is 2.18. The van der Waals surface area contributed by atoms with Gasteiger partial charge >= 0.3 is 0 Å². The van der Waals surface area contributed by atoms with Crippen LogP contribution in [-0.4, -0.2) is 24.0 Å². The van der Waals surface area contributed by atoms with Gasteiger partial charge in [0.2, 0.25) is 0 Å². The maximum atomic E-state index is 2.65. The van der Waals surface area contributed by atoms with Gasteiger partial charge in [-0.25, -0.2) is 0 Å². The van der Waals surface area contributed by atoms with Gasteiger partial charge in [-0.3, -0.25) is 0 Å². The molecular formula is C12H23N. The van der Waals surface area contributed by atoms with Crippen molar-refractivity contribution in [3.63, 3.8) is 0 Å². The SMILES string of the molecule is CN1C2CCC1C(C(C)(C)C)CC2. The van der Waals surface area contributed by atoms with Crippen LogP contribution < -0.4 is 0 Å². The van der Waals surface area contributed by atoms with Crippen LogP contribution in [0.3, 0.4) is 0 Å². The van der Waals surface area contributed by atoms with Crippen molar-refractivity contribution in [3.05, 3.63) is 0 Å². The Morgan fingerprint density at radius 1 is 1.00 bits per heavy atom. The maximum absolute atomic E-state index is 2.65. The van der Waals surface area contributed by atoms with E-state index in [1.807, 2.05) is 0 Å². The molecule has 76 valence electrons. The van der Waals surface area contributed by atoms with Crippen LogP contribution >= 0.6 is 0 Å². The molecule has 0 aliphatic carbocycles. The molecule has 0 aromatic rings. The lowest BCUT2D eigenvalue weighted by Gasteiger charge is -2.44. The second-order valence-electron chi connectivity index (χ2n) is 6.01. The monoisotopic (exact) mass is 181 g/mol. The van der Waals surface area contributed by atoms with E-state index in [0.717, 1.165) is 18.0 Å². The fourth-order valence-electron chi connectivity index (χ4n) is 3.45. The molecule has 1 nitrogen and oxygen atoms in total. The number of fused-ring (bicyclic) bond motifs is 2. The molecule has 0 aromatic heterocycles. The Morgan fingerprint density at radius 2 is 1.62 bits per heavy atom. The van der Waals surface area contributed by atoms with E-state index in [4.69, 9.17) is 0 Å². The van der Waals surface area contributed by atoms with Crippen molar-refractivity contribution in [3.8, 4) is 0 Å². The van der Waals surface area contributed by atoms with Gasteiger partial charge in [0, 0.05) is 12.1 Å². The normalized spacial score (nSPS) is 41.1. The van der Waals surface area contributed by atoms with E-state index in [-0.39, 0.29) is 0 Å². The van der Waals surface area contributed by atoms with E-state index in [1.165, 1.54) is 25.7 Å². The van der Waals surface area contributed by atoms with Gasteiger partial charge in [0.15, 0.2) is 0 Å². The Hall–Kier alpha value is -0.0400. The Bertz CT molecular complexity index is 192. The average molecular weight is 181 g/mol. The minimum Gasteiger partial charge on any atom is -0.300 e. The van der Waals surface area contributed by atoms with Crippen LogP contribution in [0.5, 0.6) is 0 Å². The summed E-state index contributed by atoms with van der Waals surface area (Å²) in [5.41, 5.74) is 0.508. The molecule has 0 radical (unpaired) electrons. The lowest BCUT2D eigenvalue weighted by molar-refractivity contribution is 0.0529. The lowest BCUT2D eigenvalue weighted by atomic mass is 9.72. The summed E-state index contributed by atoms with van der Waals surface area (Å²) in [7, 11) is 2.33. The average Bonchev–Trinajstić information content (AvgIpc) is 2.31. The van der Waals surface area contributed by atoms with Crippen molar-refractivity contribution >= 4 is 0 Å². The zero-order chi connectivity index (χ0) is 9.64. The number of hydrogen-bond donors (Lipinski definition) is 0. The lowest BCUT2D eigenvalue weighted by Crippen LogP contribution is -2.46. The summed E-state index contributed by atoms with van der Waals surface area (Å²) in [4.78, 5) is 2.65. The number of nitrogens with zero attached hydrogens (tertiary/aromatic N) is 1. The van der Waals surface area contributed by atoms with Gasteiger partial charge in [-0.2, -0.15) is 0 Å². The third-order valence-corrected chi connectivity index (χ3v) is 4.28. The molecule has 2 fully saturated rings. The predicted molar refractivity (Wildman–Crippen MR) is 56.8 cm³/mol. The fourth-order valence-corrected chi connectivity index (χ4v) is 3.45. The van der Waals surface area contributed by atoms with Gasteiger partial charge in [0.1, 0.15) is 0 Å². The summed E-state index contributed by atoms with van der Waals surface area (Å²) in [6, 6.07) is 1.81. The minimum atomic E-state index is 0.508. The zero-order valence-corrected chi connectivity index (χ0v) is 9.51. The van der Waals surface area contributed by atoms with Gasteiger partial charge in [-0.1, -0.05) is 20.8 Å². The Balaban J connectivity index is 2.15. The largest absolute Gasteiger partial charge is 0.300 e. The second kappa shape index (κ2) is 2.98. The first-order valence-electron chi connectivity index (χ1n) is 5.72. The first kappa shape index (κ1) is 9.51. The van der Waals surface area contributed by atoms with E-state index in [1.54, 1.807) is 0 Å². The summed E-state index contributed by atoms with van der Waals surface area (Å²) >= 11 is 0. The molecule has 2 aliphatic heterocycles. The number of rotatable bonds is 0. The van der Waals surface area contributed by atoms with Crippen molar-refractivity contribution in [1.29, 1.82) is 0 Å². The number of hydrogen-bond acceptors (Lipinski definition) is 1. The van der Waals surface area contributed by atoms with Gasteiger partial charge in [-0.15, -0.1) is 0 Å². The van der Waals surface area contributed by atoms with Crippen molar-refractivity contribution in [1.82, 2.24) is 4.90 Å². The summed E-state index contributed by atoms with van der Waals surface area (Å²) < 4.78 is 0. The van der Waals surface area contributed by atoms with Gasteiger partial charge in [-0.05, 0) is 44.1 Å². The molecule has 0 N–H and O–H groups in total. The molecule has 2 heterocycles. The Labute approximate surface area is 82.5 Å². The van der Waals surface area contributed by atoms with Crippen molar-refractivity contribution in [2.24, 2.45) is 11.3 Å². The van der Waals surface area contributed by atoms with E-state index in [0.29, 0.717) is 5.41 Å². The van der Waals surface area contributed by atoms with Crippen LogP contribution in [0, 0.1) is 11.3 Å². The third-order valence-electron chi connectivity index (χ3n) is 4.28. The summed E-state index contributed by atoms with van der Waals surface area (Å²) in [6.07, 6.45) is 5.80. The molecule has 1 heteroatoms. The molecule has 3 unspecified atom stereocenters. The highest BCUT2D eigenvalue weighted by Gasteiger charge is 2.44. The van der Waals surface area contributed by atoms with Crippen LogP contribution in [-0.2, 0) is 0 Å².